The summed E-state index contributed by atoms with van der Waals surface area (Å²) in [5, 5.41) is -0.00796. The zero-order chi connectivity index (χ0) is 11.6. The van der Waals surface area contributed by atoms with E-state index in [1.807, 2.05) is 0 Å². The Labute approximate surface area is 108 Å². The predicted octanol–water partition coefficient (Wildman–Crippen LogP) is 3.34. The maximum absolute atomic E-state index is 12.8. The molecule has 0 unspecified atom stereocenters. The Morgan fingerprint density at radius 1 is 1.47 bits per heavy atom. The molecule has 1 rings (SSSR count). The van der Waals surface area contributed by atoms with E-state index in [0.29, 0.717) is 0 Å². The molecule has 1 aromatic rings. The van der Waals surface area contributed by atoms with Gasteiger partial charge in [-0.05, 0) is 28.1 Å². The third-order valence-electron chi connectivity index (χ3n) is 1.41. The fraction of sp³-hybridized carbons (Fsp3) is 0.143. The average molecular weight is 381 g/mol. The standard InChI is InChI=1S/C7H5Br2ClFNO2S/c8-3-15(13,14)12-7-5(9)1-4(11)2-6(7)10/h1-2,12H,3H2. The molecule has 0 aromatic heterocycles. The Balaban J connectivity index is 3.17. The summed E-state index contributed by atoms with van der Waals surface area (Å²) in [7, 11) is -3.50. The highest BCUT2D eigenvalue weighted by molar-refractivity contribution is 9.11. The van der Waals surface area contributed by atoms with Crippen LogP contribution in [0.4, 0.5) is 10.1 Å². The third-order valence-corrected chi connectivity index (χ3v) is 4.94. The molecule has 0 saturated heterocycles. The Morgan fingerprint density at radius 3 is 2.53 bits per heavy atom. The first kappa shape index (κ1) is 13.2. The predicted molar refractivity (Wildman–Crippen MR) is 65.4 cm³/mol. The molecular weight excluding hydrogens is 376 g/mol. The van der Waals surface area contributed by atoms with E-state index in [9.17, 15) is 12.8 Å². The minimum absolute atomic E-state index is 0.00796. The molecule has 1 aromatic carbocycles. The molecule has 0 bridgehead atoms. The number of benzene rings is 1. The van der Waals surface area contributed by atoms with Gasteiger partial charge in [-0.2, -0.15) is 0 Å². The second-order valence-electron chi connectivity index (χ2n) is 2.57. The first-order chi connectivity index (χ1) is 6.85. The lowest BCUT2D eigenvalue weighted by atomic mass is 10.3. The van der Waals surface area contributed by atoms with Crippen LogP contribution in [-0.4, -0.2) is 13.1 Å². The van der Waals surface area contributed by atoms with Gasteiger partial charge in [0.1, 0.15) is 10.5 Å². The summed E-state index contributed by atoms with van der Waals surface area (Å²) in [5.41, 5.74) is 0.123. The lowest BCUT2D eigenvalue weighted by Gasteiger charge is -2.09. The Morgan fingerprint density at radius 2 is 2.07 bits per heavy atom. The van der Waals surface area contributed by atoms with Crippen LogP contribution < -0.4 is 4.72 Å². The highest BCUT2D eigenvalue weighted by Gasteiger charge is 2.14. The number of hydrogen-bond acceptors (Lipinski definition) is 2. The second-order valence-corrected chi connectivity index (χ2v) is 6.86. The van der Waals surface area contributed by atoms with Crippen LogP contribution in [0.2, 0.25) is 5.02 Å². The van der Waals surface area contributed by atoms with Crippen molar-refractivity contribution in [2.45, 2.75) is 0 Å². The van der Waals surface area contributed by atoms with Crippen molar-refractivity contribution in [2.75, 3.05) is 9.38 Å². The van der Waals surface area contributed by atoms with Crippen LogP contribution >= 0.6 is 43.5 Å². The summed E-state index contributed by atoms with van der Waals surface area (Å²) < 4.78 is 37.5. The van der Waals surface area contributed by atoms with E-state index in [1.54, 1.807) is 0 Å². The molecule has 3 nitrogen and oxygen atoms in total. The monoisotopic (exact) mass is 379 g/mol. The minimum Gasteiger partial charge on any atom is -0.280 e. The van der Waals surface area contributed by atoms with Gasteiger partial charge in [0, 0.05) is 4.47 Å². The lowest BCUT2D eigenvalue weighted by molar-refractivity contribution is 0.605. The first-order valence-electron chi connectivity index (χ1n) is 3.57. The van der Waals surface area contributed by atoms with Gasteiger partial charge in [-0.15, -0.1) is 0 Å². The summed E-state index contributed by atoms with van der Waals surface area (Å²) >= 11 is 11.5. The van der Waals surface area contributed by atoms with E-state index in [2.05, 4.69) is 36.6 Å². The molecule has 0 heterocycles. The van der Waals surface area contributed by atoms with Gasteiger partial charge in [-0.25, -0.2) is 12.8 Å². The summed E-state index contributed by atoms with van der Waals surface area (Å²) in [5.74, 6) is -0.548. The van der Waals surface area contributed by atoms with Gasteiger partial charge in [0.05, 0.1) is 10.7 Å². The van der Waals surface area contributed by atoms with Crippen molar-refractivity contribution in [3.63, 3.8) is 0 Å². The van der Waals surface area contributed by atoms with Gasteiger partial charge in [-0.1, -0.05) is 27.5 Å². The highest BCUT2D eigenvalue weighted by Crippen LogP contribution is 2.32. The Kier molecular flexibility index (Phi) is 4.39. The Bertz CT molecular complexity index is 457. The van der Waals surface area contributed by atoms with Gasteiger partial charge < -0.3 is 0 Å². The number of sulfonamides is 1. The van der Waals surface area contributed by atoms with Crippen molar-refractivity contribution in [3.8, 4) is 0 Å². The molecule has 0 aliphatic heterocycles. The smallest absolute Gasteiger partial charge is 0.242 e. The van der Waals surface area contributed by atoms with Crippen molar-refractivity contribution in [3.05, 3.63) is 27.4 Å². The van der Waals surface area contributed by atoms with Gasteiger partial charge in [0.25, 0.3) is 0 Å². The maximum Gasteiger partial charge on any atom is 0.242 e. The van der Waals surface area contributed by atoms with Crippen LogP contribution in [0.25, 0.3) is 0 Å². The number of nitrogens with one attached hydrogen (secondary N) is 1. The van der Waals surface area contributed by atoms with Gasteiger partial charge in [-0.3, -0.25) is 4.72 Å². The SMILES string of the molecule is O=S(=O)(CBr)Nc1c(Cl)cc(F)cc1Br. The molecule has 0 radical (unpaired) electrons. The van der Waals surface area contributed by atoms with Crippen molar-refractivity contribution < 1.29 is 12.8 Å². The van der Waals surface area contributed by atoms with Crippen molar-refractivity contribution in [1.29, 1.82) is 0 Å². The van der Waals surface area contributed by atoms with E-state index >= 15 is 0 Å². The van der Waals surface area contributed by atoms with Gasteiger partial charge in [0.2, 0.25) is 10.0 Å². The molecule has 0 saturated carbocycles. The number of rotatable bonds is 3. The molecule has 84 valence electrons. The van der Waals surface area contributed by atoms with Crippen molar-refractivity contribution in [2.24, 2.45) is 0 Å². The fourth-order valence-electron chi connectivity index (χ4n) is 0.822. The van der Waals surface area contributed by atoms with Crippen LogP contribution in [0.1, 0.15) is 0 Å². The molecule has 0 fully saturated rings. The lowest BCUT2D eigenvalue weighted by Crippen LogP contribution is -2.14. The summed E-state index contributed by atoms with van der Waals surface area (Å²) in [6, 6.07) is 2.15. The average Bonchev–Trinajstić information content (AvgIpc) is 2.11. The van der Waals surface area contributed by atoms with Gasteiger partial charge in [0.15, 0.2) is 0 Å². The molecule has 0 aliphatic carbocycles. The minimum atomic E-state index is -3.50. The second kappa shape index (κ2) is 4.99. The summed E-state index contributed by atoms with van der Waals surface area (Å²) in [6.07, 6.45) is 0. The molecule has 0 aliphatic rings. The van der Waals surface area contributed by atoms with Crippen LogP contribution in [0, 0.1) is 5.82 Å². The van der Waals surface area contributed by atoms with Crippen LogP contribution in [-0.2, 0) is 10.0 Å². The molecule has 8 heteroatoms. The summed E-state index contributed by atoms with van der Waals surface area (Å²) in [4.78, 5) is 0. The zero-order valence-corrected chi connectivity index (χ0v) is 11.8. The summed E-state index contributed by atoms with van der Waals surface area (Å²) in [6.45, 7) is 0. The normalized spacial score (nSPS) is 11.5. The van der Waals surface area contributed by atoms with Crippen LogP contribution in [0.5, 0.6) is 0 Å². The van der Waals surface area contributed by atoms with Crippen LogP contribution in [0.3, 0.4) is 0 Å². The number of anilines is 1. The largest absolute Gasteiger partial charge is 0.280 e. The van der Waals surface area contributed by atoms with E-state index in [-0.39, 0.29) is 19.8 Å². The van der Waals surface area contributed by atoms with Crippen LogP contribution in [0.15, 0.2) is 16.6 Å². The van der Waals surface area contributed by atoms with E-state index in [4.69, 9.17) is 11.6 Å². The molecule has 0 atom stereocenters. The van der Waals surface area contributed by atoms with E-state index in [1.165, 1.54) is 0 Å². The molecule has 15 heavy (non-hydrogen) atoms. The Hall–Kier alpha value is 0.150. The topological polar surface area (TPSA) is 46.2 Å². The number of hydrogen-bond donors (Lipinski definition) is 1. The molecule has 0 amide bonds. The zero-order valence-electron chi connectivity index (χ0n) is 7.10. The van der Waals surface area contributed by atoms with Crippen molar-refractivity contribution >= 4 is 59.2 Å². The third kappa shape index (κ3) is 3.58. The fourth-order valence-corrected chi connectivity index (χ4v) is 2.84. The van der Waals surface area contributed by atoms with Crippen molar-refractivity contribution in [1.82, 2.24) is 0 Å². The quantitative estimate of drug-likeness (QED) is 0.817. The molecular formula is C7H5Br2ClFNO2S. The maximum atomic E-state index is 12.8. The molecule has 1 N–H and O–H groups in total. The number of alkyl halides is 1. The van der Waals surface area contributed by atoms with Gasteiger partial charge >= 0.3 is 0 Å². The van der Waals surface area contributed by atoms with E-state index in [0.717, 1.165) is 12.1 Å². The highest BCUT2D eigenvalue weighted by atomic mass is 79.9. The van der Waals surface area contributed by atoms with E-state index < -0.39 is 15.8 Å². The first-order valence-corrected chi connectivity index (χ1v) is 7.51. The number of halogens is 4. The molecule has 0 spiro atoms.